The summed E-state index contributed by atoms with van der Waals surface area (Å²) in [4.78, 5) is 0. The predicted molar refractivity (Wildman–Crippen MR) is 115 cm³/mol. The van der Waals surface area contributed by atoms with Crippen LogP contribution in [-0.4, -0.2) is 42.0 Å². The second-order valence-corrected chi connectivity index (χ2v) is 8.08. The van der Waals surface area contributed by atoms with E-state index < -0.39 is 0 Å². The van der Waals surface area contributed by atoms with Crippen molar-refractivity contribution >= 4 is 0 Å². The first kappa shape index (κ1) is 20.7. The maximum atomic E-state index is 5.93. The highest BCUT2D eigenvalue weighted by Crippen LogP contribution is 2.65. The average molecular weight is 444 g/mol. The van der Waals surface area contributed by atoms with Crippen LogP contribution in [-0.2, 0) is 0 Å². The molecule has 0 N–H and O–H groups in total. The lowest BCUT2D eigenvalue weighted by Gasteiger charge is -2.25. The molecule has 32 heavy (non-hydrogen) atoms. The summed E-state index contributed by atoms with van der Waals surface area (Å²) in [5.41, 5.74) is 3.05. The molecule has 2 aliphatic heterocycles. The molecule has 1 aliphatic carbocycles. The lowest BCUT2D eigenvalue weighted by Crippen LogP contribution is -2.12. The largest absolute Gasteiger partial charge is 0.493 e. The van der Waals surface area contributed by atoms with Gasteiger partial charge in [-0.15, -0.1) is 0 Å². The number of rotatable bonds is 6. The Kier molecular flexibility index (Phi) is 5.03. The molecule has 0 spiro atoms. The number of hydrogen-bond donors (Lipinski definition) is 0. The molecule has 3 aliphatic rings. The second-order valence-electron chi connectivity index (χ2n) is 8.08. The van der Waals surface area contributed by atoms with Gasteiger partial charge in [-0.1, -0.05) is 13.8 Å². The van der Waals surface area contributed by atoms with E-state index in [-0.39, 0.29) is 31.3 Å². The van der Waals surface area contributed by atoms with E-state index in [0.717, 1.165) is 23.1 Å². The smallest absolute Gasteiger partial charge is 0.231 e. The Morgan fingerprint density at radius 3 is 1.81 bits per heavy atom. The van der Waals surface area contributed by atoms with Crippen LogP contribution in [0.25, 0.3) is 0 Å². The molecule has 8 nitrogen and oxygen atoms in total. The molecule has 0 fully saturated rings. The fourth-order valence-corrected chi connectivity index (χ4v) is 5.59. The van der Waals surface area contributed by atoms with Crippen molar-refractivity contribution in [1.29, 1.82) is 0 Å². The summed E-state index contributed by atoms with van der Waals surface area (Å²) < 4.78 is 46.4. The van der Waals surface area contributed by atoms with Gasteiger partial charge in [0.05, 0.1) is 28.4 Å². The van der Waals surface area contributed by atoms with Gasteiger partial charge >= 0.3 is 0 Å². The first-order chi connectivity index (χ1) is 15.6. The molecule has 0 aromatic heterocycles. The molecule has 0 saturated carbocycles. The highest BCUT2D eigenvalue weighted by atomic mass is 16.7. The molecule has 2 aromatic carbocycles. The van der Waals surface area contributed by atoms with Crippen molar-refractivity contribution in [2.75, 3.05) is 42.0 Å². The number of hydrogen-bond acceptors (Lipinski definition) is 8. The quantitative estimate of drug-likeness (QED) is 0.647. The van der Waals surface area contributed by atoms with Gasteiger partial charge in [0.2, 0.25) is 36.6 Å². The number of benzene rings is 2. The van der Waals surface area contributed by atoms with E-state index in [1.165, 1.54) is 0 Å². The molecule has 8 heteroatoms. The van der Waals surface area contributed by atoms with Gasteiger partial charge in [0, 0.05) is 22.6 Å². The second kappa shape index (κ2) is 7.76. The maximum absolute atomic E-state index is 5.93. The van der Waals surface area contributed by atoms with Crippen LogP contribution >= 0.6 is 0 Å². The van der Waals surface area contributed by atoms with Gasteiger partial charge in [-0.25, -0.2) is 0 Å². The average Bonchev–Trinajstić information content (AvgIpc) is 3.54. The zero-order valence-electron chi connectivity index (χ0n) is 19.2. The van der Waals surface area contributed by atoms with Crippen molar-refractivity contribution in [3.05, 3.63) is 22.8 Å². The summed E-state index contributed by atoms with van der Waals surface area (Å²) in [6, 6.07) is 1.98. The number of methoxy groups -OCH3 is 4. The topological polar surface area (TPSA) is 73.8 Å². The van der Waals surface area contributed by atoms with Crippen molar-refractivity contribution < 1.29 is 37.9 Å². The third-order valence-corrected chi connectivity index (χ3v) is 6.85. The Morgan fingerprint density at radius 2 is 1.28 bits per heavy atom. The monoisotopic (exact) mass is 444 g/mol. The van der Waals surface area contributed by atoms with Crippen molar-refractivity contribution in [3.63, 3.8) is 0 Å². The van der Waals surface area contributed by atoms with Gasteiger partial charge in [0.25, 0.3) is 0 Å². The van der Waals surface area contributed by atoms with Crippen molar-refractivity contribution in [2.45, 2.75) is 32.1 Å². The van der Waals surface area contributed by atoms with Crippen LogP contribution in [0.5, 0.6) is 46.0 Å². The van der Waals surface area contributed by atoms with Gasteiger partial charge in [0.1, 0.15) is 0 Å². The molecule has 0 radical (unpaired) electrons. The van der Waals surface area contributed by atoms with Crippen LogP contribution in [0.3, 0.4) is 0 Å². The molecular weight excluding hydrogens is 416 g/mol. The van der Waals surface area contributed by atoms with Crippen LogP contribution in [0.2, 0.25) is 0 Å². The van der Waals surface area contributed by atoms with Crippen LogP contribution in [0.4, 0.5) is 0 Å². The summed E-state index contributed by atoms with van der Waals surface area (Å²) in [7, 11) is 6.58. The lowest BCUT2D eigenvalue weighted by molar-refractivity contribution is 0.168. The van der Waals surface area contributed by atoms with Crippen LogP contribution in [0, 0.1) is 5.92 Å². The summed E-state index contributed by atoms with van der Waals surface area (Å²) in [5.74, 6) is 5.25. The normalized spacial score (nSPS) is 22.0. The van der Waals surface area contributed by atoms with E-state index in [0.29, 0.717) is 46.0 Å². The predicted octanol–water partition coefficient (Wildman–Crippen LogP) is 4.45. The zero-order valence-corrected chi connectivity index (χ0v) is 19.2. The van der Waals surface area contributed by atoms with Gasteiger partial charge in [-0.2, -0.15) is 0 Å². The molecular formula is C24H28O8. The third kappa shape index (κ3) is 2.61. The minimum Gasteiger partial charge on any atom is -0.493 e. The van der Waals surface area contributed by atoms with Crippen molar-refractivity contribution in [1.82, 2.24) is 0 Å². The van der Waals surface area contributed by atoms with Crippen molar-refractivity contribution in [2.24, 2.45) is 5.92 Å². The third-order valence-electron chi connectivity index (χ3n) is 6.85. The molecule has 3 atom stereocenters. The van der Waals surface area contributed by atoms with Gasteiger partial charge < -0.3 is 37.9 Å². The van der Waals surface area contributed by atoms with E-state index in [1.54, 1.807) is 28.4 Å². The molecule has 2 aromatic rings. The molecule has 5 rings (SSSR count). The van der Waals surface area contributed by atoms with Crippen LogP contribution in [0.1, 0.15) is 48.8 Å². The molecule has 0 amide bonds. The number of fused-ring (bicyclic) bond motifs is 3. The Morgan fingerprint density at radius 1 is 0.750 bits per heavy atom. The standard InChI is InChI=1S/C24H28O8/c1-7-12-11(2)15(13-8-14(25-3)19-22(18(13)26-4)30-9-29-19)17-16(12)20(27-5)23-24(21(17)28-6)32-10-31-23/h8,11-12,15H,7,9-10H2,1-6H3/t11-,12-,15+/m1/s1. The Labute approximate surface area is 187 Å². The minimum absolute atomic E-state index is 0.0772. The van der Waals surface area contributed by atoms with E-state index in [2.05, 4.69) is 13.8 Å². The Hall–Kier alpha value is -3.16. The molecule has 0 saturated heterocycles. The summed E-state index contributed by atoms with van der Waals surface area (Å²) in [6.07, 6.45) is 0.924. The first-order valence-corrected chi connectivity index (χ1v) is 10.7. The summed E-state index contributed by atoms with van der Waals surface area (Å²) in [6.45, 7) is 4.67. The van der Waals surface area contributed by atoms with E-state index in [4.69, 9.17) is 37.9 Å². The fraction of sp³-hybridized carbons (Fsp3) is 0.500. The summed E-state index contributed by atoms with van der Waals surface area (Å²) in [5, 5.41) is 0. The maximum Gasteiger partial charge on any atom is 0.231 e. The van der Waals surface area contributed by atoms with Crippen LogP contribution in [0.15, 0.2) is 6.07 Å². The van der Waals surface area contributed by atoms with E-state index in [9.17, 15) is 0 Å². The van der Waals surface area contributed by atoms with Gasteiger partial charge in [0.15, 0.2) is 23.0 Å². The fourth-order valence-electron chi connectivity index (χ4n) is 5.59. The first-order valence-electron chi connectivity index (χ1n) is 10.7. The van der Waals surface area contributed by atoms with Gasteiger partial charge in [-0.3, -0.25) is 0 Å². The molecule has 0 bridgehead atoms. The summed E-state index contributed by atoms with van der Waals surface area (Å²) >= 11 is 0. The van der Waals surface area contributed by atoms with Crippen molar-refractivity contribution in [3.8, 4) is 46.0 Å². The Bertz CT molecular complexity index is 1060. The lowest BCUT2D eigenvalue weighted by atomic mass is 9.82. The molecule has 0 unspecified atom stereocenters. The highest BCUT2D eigenvalue weighted by molar-refractivity contribution is 5.74. The zero-order chi connectivity index (χ0) is 22.6. The Balaban J connectivity index is 1.83. The van der Waals surface area contributed by atoms with Crippen LogP contribution < -0.4 is 37.9 Å². The SMILES string of the molecule is CC[C@H]1c2c(OC)c3c(c(OC)c2[C@H](c2cc(OC)c4c(c2OC)OCO4)[C@@H]1C)OCO3. The molecule has 172 valence electrons. The number of ether oxygens (including phenoxy) is 8. The van der Waals surface area contributed by atoms with Gasteiger partial charge in [-0.05, 0) is 24.3 Å². The van der Waals surface area contributed by atoms with E-state index >= 15 is 0 Å². The van der Waals surface area contributed by atoms with E-state index in [1.807, 2.05) is 6.07 Å². The minimum atomic E-state index is -0.0772. The molecule has 2 heterocycles. The highest BCUT2D eigenvalue weighted by Gasteiger charge is 2.48.